The first kappa shape index (κ1) is 7.64. The summed E-state index contributed by atoms with van der Waals surface area (Å²) in [5.74, 6) is 0. The van der Waals surface area contributed by atoms with Gasteiger partial charge in [0.15, 0.2) is 0 Å². The van der Waals surface area contributed by atoms with Crippen LogP contribution in [0.3, 0.4) is 0 Å². The highest BCUT2D eigenvalue weighted by Gasteiger charge is 2.00. The topological polar surface area (TPSA) is 38.7 Å². The first-order chi connectivity index (χ1) is 5.86. The lowest BCUT2D eigenvalue weighted by atomic mass is 10.3. The van der Waals surface area contributed by atoms with Crippen LogP contribution in [0.5, 0.6) is 0 Å². The van der Waals surface area contributed by atoms with Crippen molar-refractivity contribution in [1.29, 1.82) is 0 Å². The van der Waals surface area contributed by atoms with Crippen molar-refractivity contribution in [2.45, 2.75) is 0 Å². The summed E-state index contributed by atoms with van der Waals surface area (Å²) in [7, 11) is 0. The van der Waals surface area contributed by atoms with Crippen LogP contribution in [-0.2, 0) is 0 Å². The average Bonchev–Trinajstić information content (AvgIpc) is 2.56. The molecule has 0 bridgehead atoms. The van der Waals surface area contributed by atoms with Gasteiger partial charge in [0.2, 0.25) is 5.28 Å². The molecule has 0 radical (unpaired) electrons. The number of hydrogen-bond acceptors (Lipinski definition) is 4. The van der Waals surface area contributed by atoms with Crippen LogP contribution in [-0.4, -0.2) is 14.3 Å². The van der Waals surface area contributed by atoms with Crippen molar-refractivity contribution in [2.24, 2.45) is 0 Å². The van der Waals surface area contributed by atoms with E-state index in [-0.39, 0.29) is 5.28 Å². The Labute approximate surface area is 78.2 Å². The first-order valence-electron chi connectivity index (χ1n) is 3.24. The van der Waals surface area contributed by atoms with Crippen molar-refractivity contribution in [1.82, 2.24) is 14.3 Å². The molecule has 0 aliphatic carbocycles. The highest BCUT2D eigenvalue weighted by molar-refractivity contribution is 7.03. The van der Waals surface area contributed by atoms with Gasteiger partial charge < -0.3 is 0 Å². The van der Waals surface area contributed by atoms with E-state index < -0.39 is 0 Å². The van der Waals surface area contributed by atoms with Gasteiger partial charge >= 0.3 is 0 Å². The Morgan fingerprint density at radius 3 is 3.00 bits per heavy atom. The molecule has 2 heterocycles. The summed E-state index contributed by atoms with van der Waals surface area (Å²) in [6.07, 6.45) is 3.38. The summed E-state index contributed by atoms with van der Waals surface area (Å²) in [6.45, 7) is 0. The van der Waals surface area contributed by atoms with Crippen LogP contribution in [0.4, 0.5) is 0 Å². The molecule has 5 heteroatoms. The summed E-state index contributed by atoms with van der Waals surface area (Å²) in [4.78, 5) is 7.82. The van der Waals surface area contributed by atoms with Crippen molar-refractivity contribution in [2.75, 3.05) is 0 Å². The van der Waals surface area contributed by atoms with Gasteiger partial charge in [0.1, 0.15) is 0 Å². The standard InChI is InChI=1S/C7H4ClN3S/c8-7-9-2-1-6(11-7)5-3-10-12-4-5/h1-4H. The Bertz CT molecular complexity index is 374. The lowest BCUT2D eigenvalue weighted by molar-refractivity contribution is 1.17. The molecule has 0 aliphatic rings. The molecular weight excluding hydrogens is 194 g/mol. The highest BCUT2D eigenvalue weighted by atomic mass is 35.5. The fourth-order valence-corrected chi connectivity index (χ4v) is 1.50. The zero-order valence-corrected chi connectivity index (χ0v) is 7.51. The lowest BCUT2D eigenvalue weighted by Gasteiger charge is -1.93. The molecular formula is C7H4ClN3S. The number of nitrogens with zero attached hydrogens (tertiary/aromatic N) is 3. The van der Waals surface area contributed by atoms with Crippen LogP contribution in [0.15, 0.2) is 23.8 Å². The van der Waals surface area contributed by atoms with Crippen LogP contribution in [0, 0.1) is 0 Å². The van der Waals surface area contributed by atoms with Crippen LogP contribution in [0.1, 0.15) is 0 Å². The second kappa shape index (κ2) is 3.16. The molecule has 0 aromatic carbocycles. The van der Waals surface area contributed by atoms with Gasteiger partial charge in [-0.15, -0.1) is 0 Å². The third-order valence-electron chi connectivity index (χ3n) is 1.35. The SMILES string of the molecule is Clc1nccc(-c2cnsc2)n1. The first-order valence-corrected chi connectivity index (χ1v) is 4.46. The quantitative estimate of drug-likeness (QED) is 0.659. The molecule has 0 saturated heterocycles. The lowest BCUT2D eigenvalue weighted by Crippen LogP contribution is -1.83. The number of aromatic nitrogens is 3. The molecule has 0 aliphatic heterocycles. The maximum atomic E-state index is 5.62. The molecule has 0 fully saturated rings. The van der Waals surface area contributed by atoms with Gasteiger partial charge in [-0.25, -0.2) is 14.3 Å². The summed E-state index contributed by atoms with van der Waals surface area (Å²) in [5, 5.41) is 2.18. The predicted octanol–water partition coefficient (Wildman–Crippen LogP) is 2.25. The maximum absolute atomic E-state index is 5.62. The third kappa shape index (κ3) is 1.44. The molecule has 0 unspecified atom stereocenters. The molecule has 2 rings (SSSR count). The molecule has 0 amide bonds. The minimum Gasteiger partial charge on any atom is -0.226 e. The third-order valence-corrected chi connectivity index (χ3v) is 2.12. The summed E-state index contributed by atoms with van der Waals surface area (Å²) in [5.41, 5.74) is 1.79. The van der Waals surface area contributed by atoms with E-state index in [0.717, 1.165) is 11.3 Å². The van der Waals surface area contributed by atoms with Crippen molar-refractivity contribution in [3.63, 3.8) is 0 Å². The van der Waals surface area contributed by atoms with E-state index in [1.807, 2.05) is 5.38 Å². The van der Waals surface area contributed by atoms with E-state index in [2.05, 4.69) is 14.3 Å². The zero-order valence-electron chi connectivity index (χ0n) is 5.94. The van der Waals surface area contributed by atoms with Crippen LogP contribution in [0.2, 0.25) is 5.28 Å². The van der Waals surface area contributed by atoms with Crippen molar-refractivity contribution in [3.8, 4) is 11.3 Å². The van der Waals surface area contributed by atoms with E-state index in [9.17, 15) is 0 Å². The van der Waals surface area contributed by atoms with Gasteiger partial charge in [0.05, 0.1) is 11.9 Å². The predicted molar refractivity (Wildman–Crippen MR) is 48.2 cm³/mol. The number of halogens is 1. The second-order valence-corrected chi connectivity index (χ2v) is 3.12. The second-order valence-electron chi connectivity index (χ2n) is 2.12. The van der Waals surface area contributed by atoms with Crippen LogP contribution in [0.25, 0.3) is 11.3 Å². The Kier molecular flexibility index (Phi) is 2.01. The molecule has 2 aromatic heterocycles. The van der Waals surface area contributed by atoms with E-state index in [0.29, 0.717) is 0 Å². The fourth-order valence-electron chi connectivity index (χ4n) is 0.827. The largest absolute Gasteiger partial charge is 0.226 e. The molecule has 12 heavy (non-hydrogen) atoms. The molecule has 0 spiro atoms. The average molecular weight is 198 g/mol. The van der Waals surface area contributed by atoms with E-state index in [1.54, 1.807) is 18.5 Å². The maximum Gasteiger partial charge on any atom is 0.222 e. The van der Waals surface area contributed by atoms with Gasteiger partial charge in [0, 0.05) is 17.1 Å². The number of hydrogen-bond donors (Lipinski definition) is 0. The van der Waals surface area contributed by atoms with Gasteiger partial charge in [-0.05, 0) is 29.2 Å². The Balaban J connectivity index is 2.48. The Morgan fingerprint density at radius 2 is 2.33 bits per heavy atom. The van der Waals surface area contributed by atoms with Gasteiger partial charge in [0.25, 0.3) is 0 Å². The minimum atomic E-state index is 0.263. The zero-order chi connectivity index (χ0) is 8.39. The van der Waals surface area contributed by atoms with Gasteiger partial charge in [-0.3, -0.25) is 0 Å². The van der Waals surface area contributed by atoms with E-state index in [4.69, 9.17) is 11.6 Å². The molecule has 2 aromatic rings. The molecule has 0 atom stereocenters. The molecule has 0 saturated carbocycles. The fraction of sp³-hybridized carbons (Fsp3) is 0. The summed E-state index contributed by atoms with van der Waals surface area (Å²) < 4.78 is 3.97. The van der Waals surface area contributed by atoms with Crippen molar-refractivity contribution in [3.05, 3.63) is 29.1 Å². The minimum absolute atomic E-state index is 0.263. The van der Waals surface area contributed by atoms with Crippen LogP contribution >= 0.6 is 23.1 Å². The normalized spacial score (nSPS) is 10.1. The Morgan fingerprint density at radius 1 is 1.42 bits per heavy atom. The molecule has 60 valence electrons. The van der Waals surface area contributed by atoms with E-state index >= 15 is 0 Å². The number of rotatable bonds is 1. The smallest absolute Gasteiger partial charge is 0.222 e. The van der Waals surface area contributed by atoms with Crippen LogP contribution < -0.4 is 0 Å². The van der Waals surface area contributed by atoms with Gasteiger partial charge in [-0.1, -0.05) is 0 Å². The monoisotopic (exact) mass is 197 g/mol. The van der Waals surface area contributed by atoms with Gasteiger partial charge in [-0.2, -0.15) is 0 Å². The summed E-state index contributed by atoms with van der Waals surface area (Å²) >= 11 is 7.01. The molecule has 0 N–H and O–H groups in total. The van der Waals surface area contributed by atoms with Crippen molar-refractivity contribution < 1.29 is 0 Å². The molecule has 3 nitrogen and oxygen atoms in total. The van der Waals surface area contributed by atoms with E-state index in [1.165, 1.54) is 11.5 Å². The summed E-state index contributed by atoms with van der Waals surface area (Å²) in [6, 6.07) is 1.80. The Hall–Kier alpha value is -1.00. The highest BCUT2D eigenvalue weighted by Crippen LogP contribution is 2.17. The van der Waals surface area contributed by atoms with Crippen molar-refractivity contribution >= 4 is 23.1 Å².